The lowest BCUT2D eigenvalue weighted by atomic mass is 10.0. The van der Waals surface area contributed by atoms with Gasteiger partial charge >= 0.3 is 0 Å². The third-order valence-corrected chi connectivity index (χ3v) is 3.06. The molecule has 1 aromatic rings. The molecule has 17 heavy (non-hydrogen) atoms. The highest BCUT2D eigenvalue weighted by molar-refractivity contribution is 5.14. The molecule has 98 valence electrons. The van der Waals surface area contributed by atoms with Gasteiger partial charge in [0, 0.05) is 0 Å². The maximum atomic E-state index is 3.87. The fraction of sp³-hybridized carbons (Fsp3) is 0.600. The van der Waals surface area contributed by atoms with Crippen LogP contribution in [0.2, 0.25) is 0 Å². The molecule has 0 saturated carbocycles. The molecule has 0 aromatic heterocycles. The molecule has 3 N–H and O–H groups in total. The summed E-state index contributed by atoms with van der Waals surface area (Å²) in [6.45, 7) is 1.11. The van der Waals surface area contributed by atoms with Crippen LogP contribution in [0, 0.1) is 0 Å². The molecule has 0 atom stereocenters. The molecule has 0 heterocycles. The van der Waals surface area contributed by atoms with E-state index in [2.05, 4.69) is 36.1 Å². The van der Waals surface area contributed by atoms with Crippen LogP contribution < -0.4 is 18.1 Å². The summed E-state index contributed by atoms with van der Waals surface area (Å²) in [5, 5.41) is 0. The van der Waals surface area contributed by atoms with Gasteiger partial charge in [0.1, 0.15) is 0 Å². The van der Waals surface area contributed by atoms with E-state index in [1.807, 2.05) is 0 Å². The monoisotopic (exact) mass is 255 g/mol. The predicted molar refractivity (Wildman–Crippen MR) is 70.2 cm³/mol. The Balaban J connectivity index is 0.00000256. The maximum Gasteiger partial charge on any atom is 0.0739 e. The average Bonchev–Trinajstić information content (AvgIpc) is 2.34. The Hall–Kier alpha value is -0.530. The van der Waals surface area contributed by atoms with Crippen LogP contribution in [0.3, 0.4) is 0 Å². The van der Waals surface area contributed by atoms with Crippen molar-refractivity contribution in [1.29, 1.82) is 0 Å². The number of unbranched alkanes of at least 4 members (excludes halogenated alkanes) is 6. The molecule has 2 heteroatoms. The van der Waals surface area contributed by atoms with Gasteiger partial charge in [0.2, 0.25) is 0 Å². The van der Waals surface area contributed by atoms with Gasteiger partial charge in [0.05, 0.1) is 6.54 Å². The molecule has 1 rings (SSSR count). The normalized spacial score (nSPS) is 9.94. The molecule has 0 radical (unpaired) electrons. The molecule has 0 amide bonds. The summed E-state index contributed by atoms with van der Waals surface area (Å²) in [6, 6.07) is 10.8. The summed E-state index contributed by atoms with van der Waals surface area (Å²) in [5.74, 6) is 0. The number of halogens is 1. The van der Waals surface area contributed by atoms with Crippen molar-refractivity contribution in [2.75, 3.05) is 6.54 Å². The van der Waals surface area contributed by atoms with Gasteiger partial charge in [-0.3, -0.25) is 0 Å². The van der Waals surface area contributed by atoms with Crippen molar-refractivity contribution in [3.63, 3.8) is 0 Å². The first-order valence-electron chi connectivity index (χ1n) is 6.76. The van der Waals surface area contributed by atoms with Crippen molar-refractivity contribution in [1.82, 2.24) is 0 Å². The van der Waals surface area contributed by atoms with Gasteiger partial charge in [-0.1, -0.05) is 56.0 Å². The fourth-order valence-electron chi connectivity index (χ4n) is 2.03. The van der Waals surface area contributed by atoms with Gasteiger partial charge in [-0.2, -0.15) is 0 Å². The SMILES string of the molecule is [Cl-].[NH3+]CCCCCCCCCc1ccccc1. The zero-order chi connectivity index (χ0) is 11.5. The highest BCUT2D eigenvalue weighted by atomic mass is 35.5. The number of hydrogen-bond acceptors (Lipinski definition) is 0. The van der Waals surface area contributed by atoms with E-state index in [1.165, 1.54) is 56.9 Å². The number of hydrogen-bond donors (Lipinski definition) is 1. The summed E-state index contributed by atoms with van der Waals surface area (Å²) < 4.78 is 0. The standard InChI is InChI=1S/C15H25N.ClH/c16-14-10-5-3-1-2-4-7-11-15-12-8-6-9-13-15;/h6,8-9,12-13H,1-5,7,10-11,14,16H2;1H. The van der Waals surface area contributed by atoms with Crippen LogP contribution in [-0.2, 0) is 6.42 Å². The first-order chi connectivity index (χ1) is 7.93. The Bertz CT molecular complexity index is 248. The average molecular weight is 256 g/mol. The Kier molecular flexibility index (Phi) is 11.6. The van der Waals surface area contributed by atoms with Crippen molar-refractivity contribution >= 4 is 0 Å². The molecule has 0 aliphatic heterocycles. The molecule has 0 spiro atoms. The lowest BCUT2D eigenvalue weighted by molar-refractivity contribution is -0.368. The van der Waals surface area contributed by atoms with Gasteiger partial charge in [-0.25, -0.2) is 0 Å². The second kappa shape index (κ2) is 11.9. The van der Waals surface area contributed by atoms with Crippen molar-refractivity contribution in [2.24, 2.45) is 0 Å². The minimum absolute atomic E-state index is 0. The predicted octanol–water partition coefficient (Wildman–Crippen LogP) is 0.206. The molecule has 0 unspecified atom stereocenters. The lowest BCUT2D eigenvalue weighted by Gasteiger charge is -2.02. The second-order valence-electron chi connectivity index (χ2n) is 4.56. The van der Waals surface area contributed by atoms with Gasteiger partial charge < -0.3 is 18.1 Å². The summed E-state index contributed by atoms with van der Waals surface area (Å²) in [7, 11) is 0. The highest BCUT2D eigenvalue weighted by Crippen LogP contribution is 2.10. The Labute approximate surface area is 112 Å². The quantitative estimate of drug-likeness (QED) is 0.611. The molecule has 1 aromatic carbocycles. The summed E-state index contributed by atoms with van der Waals surface area (Å²) in [6.07, 6.45) is 10.9. The molecule has 1 nitrogen and oxygen atoms in total. The summed E-state index contributed by atoms with van der Waals surface area (Å²) in [5.41, 5.74) is 5.35. The van der Waals surface area contributed by atoms with Gasteiger partial charge in [0.25, 0.3) is 0 Å². The summed E-state index contributed by atoms with van der Waals surface area (Å²) in [4.78, 5) is 0. The Morgan fingerprint density at radius 1 is 0.706 bits per heavy atom. The minimum Gasteiger partial charge on any atom is -1.00 e. The van der Waals surface area contributed by atoms with Crippen molar-refractivity contribution in [3.8, 4) is 0 Å². The molecule has 0 bridgehead atoms. The van der Waals surface area contributed by atoms with E-state index in [4.69, 9.17) is 0 Å². The van der Waals surface area contributed by atoms with Crippen molar-refractivity contribution in [3.05, 3.63) is 35.9 Å². The first kappa shape index (κ1) is 16.5. The first-order valence-corrected chi connectivity index (χ1v) is 6.76. The van der Waals surface area contributed by atoms with E-state index in [0.717, 1.165) is 6.54 Å². The highest BCUT2D eigenvalue weighted by Gasteiger charge is 1.93. The Morgan fingerprint density at radius 2 is 1.24 bits per heavy atom. The van der Waals surface area contributed by atoms with Crippen LogP contribution in [0.25, 0.3) is 0 Å². The lowest BCUT2D eigenvalue weighted by Crippen LogP contribution is -3.00. The van der Waals surface area contributed by atoms with Crippen LogP contribution in [0.15, 0.2) is 30.3 Å². The third-order valence-electron chi connectivity index (χ3n) is 3.06. The summed E-state index contributed by atoms with van der Waals surface area (Å²) >= 11 is 0. The topological polar surface area (TPSA) is 27.6 Å². The van der Waals surface area contributed by atoms with Gasteiger partial charge in [0.15, 0.2) is 0 Å². The molecule has 0 saturated heterocycles. The van der Waals surface area contributed by atoms with E-state index in [-0.39, 0.29) is 12.4 Å². The maximum absolute atomic E-state index is 3.87. The number of rotatable bonds is 9. The zero-order valence-electron chi connectivity index (χ0n) is 10.8. The van der Waals surface area contributed by atoms with E-state index in [1.54, 1.807) is 0 Å². The Morgan fingerprint density at radius 3 is 1.82 bits per heavy atom. The molecule has 0 fully saturated rings. The third kappa shape index (κ3) is 9.20. The molecular weight excluding hydrogens is 230 g/mol. The fourth-order valence-corrected chi connectivity index (χ4v) is 2.03. The number of quaternary nitrogens is 1. The molecule has 0 aliphatic carbocycles. The van der Waals surface area contributed by atoms with Crippen LogP contribution >= 0.6 is 0 Å². The molecule has 0 aliphatic rings. The molecular formula is C15H26ClN. The van der Waals surface area contributed by atoms with E-state index < -0.39 is 0 Å². The zero-order valence-corrected chi connectivity index (χ0v) is 11.6. The number of benzene rings is 1. The van der Waals surface area contributed by atoms with Crippen molar-refractivity contribution < 1.29 is 18.1 Å². The van der Waals surface area contributed by atoms with Crippen LogP contribution in [-0.4, -0.2) is 6.54 Å². The van der Waals surface area contributed by atoms with Crippen LogP contribution in [0.1, 0.15) is 50.5 Å². The smallest absolute Gasteiger partial charge is 0.0739 e. The largest absolute Gasteiger partial charge is 1.00 e. The van der Waals surface area contributed by atoms with Crippen LogP contribution in [0.4, 0.5) is 0 Å². The van der Waals surface area contributed by atoms with Crippen LogP contribution in [0.5, 0.6) is 0 Å². The number of aryl methyl sites for hydroxylation is 1. The van der Waals surface area contributed by atoms with Crippen molar-refractivity contribution in [2.45, 2.75) is 51.4 Å². The minimum atomic E-state index is 0. The van der Waals surface area contributed by atoms with Gasteiger partial charge in [-0.15, -0.1) is 0 Å². The van der Waals surface area contributed by atoms with E-state index in [9.17, 15) is 0 Å². The van der Waals surface area contributed by atoms with E-state index in [0.29, 0.717) is 0 Å². The second-order valence-corrected chi connectivity index (χ2v) is 4.56. The van der Waals surface area contributed by atoms with E-state index >= 15 is 0 Å². The van der Waals surface area contributed by atoms with Gasteiger partial charge in [-0.05, 0) is 31.2 Å².